The van der Waals surface area contributed by atoms with Crippen LogP contribution in [-0.4, -0.2) is 18.6 Å². The quantitative estimate of drug-likeness (QED) is 0.469. The van der Waals surface area contributed by atoms with Gasteiger partial charge in [0.25, 0.3) is 0 Å². The van der Waals surface area contributed by atoms with Crippen LogP contribution < -0.4 is 5.32 Å². The topological polar surface area (TPSA) is 41.5 Å². The molecule has 0 spiro atoms. The molecule has 0 aliphatic heterocycles. The van der Waals surface area contributed by atoms with E-state index in [0.717, 1.165) is 19.5 Å². The van der Waals surface area contributed by atoms with Crippen molar-refractivity contribution in [3.63, 3.8) is 0 Å². The molecule has 0 heterocycles. The molecule has 0 rings (SSSR count). The summed E-state index contributed by atoms with van der Waals surface area (Å²) in [4.78, 5) is 10.1. The second-order valence-electron chi connectivity index (χ2n) is 3.01. The number of nitroso groups, excluding NO2 is 1. The second kappa shape index (κ2) is 4.39. The van der Waals surface area contributed by atoms with Crippen LogP contribution in [0.2, 0.25) is 0 Å². The molecular formula is C7H16N2O. The molecule has 60 valence electrons. The molecule has 0 aliphatic rings. The molecule has 0 saturated heterocycles. The van der Waals surface area contributed by atoms with E-state index in [1.54, 1.807) is 0 Å². The molecule has 0 fully saturated rings. The molecule has 0 aliphatic carbocycles. The van der Waals surface area contributed by atoms with Gasteiger partial charge in [-0.15, -0.1) is 0 Å². The van der Waals surface area contributed by atoms with Gasteiger partial charge >= 0.3 is 0 Å². The molecule has 0 aromatic carbocycles. The fourth-order valence-corrected chi connectivity index (χ4v) is 0.617. The minimum absolute atomic E-state index is 0.401. The summed E-state index contributed by atoms with van der Waals surface area (Å²) in [6.45, 7) is 7.56. The Balaban J connectivity index is 3.37. The third kappa shape index (κ3) is 4.44. The van der Waals surface area contributed by atoms with Gasteiger partial charge < -0.3 is 5.32 Å². The van der Waals surface area contributed by atoms with E-state index in [9.17, 15) is 4.91 Å². The van der Waals surface area contributed by atoms with E-state index in [1.165, 1.54) is 0 Å². The summed E-state index contributed by atoms with van der Waals surface area (Å²) in [5, 5.41) is 6.14. The van der Waals surface area contributed by atoms with Crippen LogP contribution in [0.5, 0.6) is 0 Å². The van der Waals surface area contributed by atoms with Crippen molar-refractivity contribution >= 4 is 0 Å². The average molecular weight is 144 g/mol. The fourth-order valence-electron chi connectivity index (χ4n) is 0.617. The molecule has 10 heavy (non-hydrogen) atoms. The van der Waals surface area contributed by atoms with Gasteiger partial charge in [-0.3, -0.25) is 0 Å². The van der Waals surface area contributed by atoms with E-state index in [-0.39, 0.29) is 0 Å². The fraction of sp³-hybridized carbons (Fsp3) is 1.00. The lowest BCUT2D eigenvalue weighted by atomic mass is 10.0. The van der Waals surface area contributed by atoms with Gasteiger partial charge in [0.05, 0.1) is 5.54 Å². The summed E-state index contributed by atoms with van der Waals surface area (Å²) < 4.78 is 0. The van der Waals surface area contributed by atoms with E-state index < -0.39 is 5.54 Å². The highest BCUT2D eigenvalue weighted by Gasteiger charge is 2.16. The maximum absolute atomic E-state index is 10.1. The molecule has 0 bridgehead atoms. The van der Waals surface area contributed by atoms with Gasteiger partial charge in [-0.2, -0.15) is 4.91 Å². The number of rotatable bonds is 5. The molecule has 0 aromatic heterocycles. The number of hydrogen-bond acceptors (Lipinski definition) is 3. The Labute approximate surface area is 62.2 Å². The standard InChI is InChI=1S/C7H16N2O/c1-4-8-6-5-7(2,3)9-10/h8H,4-6H2,1-3H3. The van der Waals surface area contributed by atoms with Gasteiger partial charge in [-0.1, -0.05) is 12.1 Å². The molecule has 0 unspecified atom stereocenters. The van der Waals surface area contributed by atoms with Crippen LogP contribution in [-0.2, 0) is 0 Å². The molecule has 0 saturated carbocycles. The van der Waals surface area contributed by atoms with Crippen molar-refractivity contribution in [1.29, 1.82) is 0 Å². The zero-order valence-corrected chi connectivity index (χ0v) is 6.98. The first-order chi connectivity index (χ1) is 4.62. The first-order valence-electron chi connectivity index (χ1n) is 3.67. The van der Waals surface area contributed by atoms with E-state index in [1.807, 2.05) is 20.8 Å². The largest absolute Gasteiger partial charge is 0.317 e. The van der Waals surface area contributed by atoms with Gasteiger partial charge in [0.1, 0.15) is 0 Å². The van der Waals surface area contributed by atoms with E-state index in [0.29, 0.717) is 0 Å². The van der Waals surface area contributed by atoms with Crippen LogP contribution in [0.3, 0.4) is 0 Å². The number of nitrogens with zero attached hydrogens (tertiary/aromatic N) is 1. The molecule has 3 heteroatoms. The van der Waals surface area contributed by atoms with E-state index in [2.05, 4.69) is 10.5 Å². The highest BCUT2D eigenvalue weighted by molar-refractivity contribution is 4.76. The molecule has 0 amide bonds. The van der Waals surface area contributed by atoms with E-state index in [4.69, 9.17) is 0 Å². The van der Waals surface area contributed by atoms with Gasteiger partial charge in [0, 0.05) is 0 Å². The summed E-state index contributed by atoms with van der Waals surface area (Å²) in [5.41, 5.74) is -0.401. The lowest BCUT2D eigenvalue weighted by Gasteiger charge is -2.14. The zero-order chi connectivity index (χ0) is 8.04. The second-order valence-corrected chi connectivity index (χ2v) is 3.01. The molecule has 0 aromatic rings. The van der Waals surface area contributed by atoms with Gasteiger partial charge in [-0.05, 0) is 33.4 Å². The molecule has 0 radical (unpaired) electrons. The SMILES string of the molecule is CCNCCC(C)(C)N=O. The van der Waals surface area contributed by atoms with Gasteiger partial charge in [-0.25, -0.2) is 0 Å². The third-order valence-corrected chi connectivity index (χ3v) is 1.41. The Morgan fingerprint density at radius 2 is 2.10 bits per heavy atom. The van der Waals surface area contributed by atoms with Crippen LogP contribution in [0.1, 0.15) is 27.2 Å². The minimum Gasteiger partial charge on any atom is -0.317 e. The smallest absolute Gasteiger partial charge is 0.0982 e. The van der Waals surface area contributed by atoms with Crippen molar-refractivity contribution in [2.75, 3.05) is 13.1 Å². The van der Waals surface area contributed by atoms with Crippen LogP contribution >= 0.6 is 0 Å². The molecular weight excluding hydrogens is 128 g/mol. The summed E-state index contributed by atoms with van der Waals surface area (Å²) in [6, 6.07) is 0. The van der Waals surface area contributed by atoms with Crippen LogP contribution in [0, 0.1) is 4.91 Å². The lowest BCUT2D eigenvalue weighted by molar-refractivity contribution is 0.458. The Bertz CT molecular complexity index is 102. The van der Waals surface area contributed by atoms with E-state index >= 15 is 0 Å². The maximum atomic E-state index is 10.1. The number of nitrogens with one attached hydrogen (secondary N) is 1. The lowest BCUT2D eigenvalue weighted by Crippen LogP contribution is -2.24. The normalized spacial score (nSPS) is 11.5. The van der Waals surface area contributed by atoms with Crippen molar-refractivity contribution < 1.29 is 0 Å². The third-order valence-electron chi connectivity index (χ3n) is 1.41. The van der Waals surface area contributed by atoms with Crippen molar-refractivity contribution in [1.82, 2.24) is 5.32 Å². The monoisotopic (exact) mass is 144 g/mol. The summed E-state index contributed by atoms with van der Waals surface area (Å²) in [5.74, 6) is 0. The highest BCUT2D eigenvalue weighted by Crippen LogP contribution is 2.11. The summed E-state index contributed by atoms with van der Waals surface area (Å²) >= 11 is 0. The van der Waals surface area contributed by atoms with Crippen LogP contribution in [0.25, 0.3) is 0 Å². The van der Waals surface area contributed by atoms with Crippen LogP contribution in [0.15, 0.2) is 5.18 Å². The van der Waals surface area contributed by atoms with Crippen molar-refractivity contribution in [2.24, 2.45) is 5.18 Å². The molecule has 1 N–H and O–H groups in total. The Morgan fingerprint density at radius 1 is 1.50 bits per heavy atom. The summed E-state index contributed by atoms with van der Waals surface area (Å²) in [6.07, 6.45) is 0.810. The van der Waals surface area contributed by atoms with Gasteiger partial charge in [0.2, 0.25) is 0 Å². The predicted octanol–water partition coefficient (Wildman–Crippen LogP) is 1.53. The molecule has 0 atom stereocenters. The summed E-state index contributed by atoms with van der Waals surface area (Å²) in [7, 11) is 0. The van der Waals surface area contributed by atoms with Gasteiger partial charge in [0.15, 0.2) is 0 Å². The predicted molar refractivity (Wildman–Crippen MR) is 43.0 cm³/mol. The van der Waals surface area contributed by atoms with Crippen molar-refractivity contribution in [2.45, 2.75) is 32.7 Å². The number of hydrogen-bond donors (Lipinski definition) is 1. The Kier molecular flexibility index (Phi) is 4.19. The minimum atomic E-state index is -0.401. The Morgan fingerprint density at radius 3 is 2.50 bits per heavy atom. The first-order valence-corrected chi connectivity index (χ1v) is 3.67. The maximum Gasteiger partial charge on any atom is 0.0982 e. The molecule has 3 nitrogen and oxygen atoms in total. The first kappa shape index (κ1) is 9.56. The Hall–Kier alpha value is -0.440. The van der Waals surface area contributed by atoms with Crippen molar-refractivity contribution in [3.05, 3.63) is 4.91 Å². The highest BCUT2D eigenvalue weighted by atomic mass is 16.3. The van der Waals surface area contributed by atoms with Crippen LogP contribution in [0.4, 0.5) is 0 Å². The average Bonchev–Trinajstić information content (AvgIpc) is 1.89. The zero-order valence-electron chi connectivity index (χ0n) is 6.98. The van der Waals surface area contributed by atoms with Crippen molar-refractivity contribution in [3.8, 4) is 0 Å².